The van der Waals surface area contributed by atoms with Crippen molar-refractivity contribution in [2.45, 2.75) is 13.3 Å². The van der Waals surface area contributed by atoms with E-state index in [4.69, 9.17) is 11.6 Å². The van der Waals surface area contributed by atoms with E-state index < -0.39 is 0 Å². The van der Waals surface area contributed by atoms with Crippen LogP contribution in [-0.2, 0) is 6.42 Å². The fraction of sp³-hybridized carbons (Fsp3) is 0.214. The SMILES string of the molecule is Cc1cc(=O)n2nc(NCCc3cccc(Cl)c3)sc2n1. The van der Waals surface area contributed by atoms with Crippen LogP contribution in [-0.4, -0.2) is 21.1 Å². The van der Waals surface area contributed by atoms with Gasteiger partial charge in [-0.3, -0.25) is 4.79 Å². The number of rotatable bonds is 4. The van der Waals surface area contributed by atoms with Gasteiger partial charge in [-0.25, -0.2) is 4.98 Å². The van der Waals surface area contributed by atoms with Crippen LogP contribution in [0.3, 0.4) is 0 Å². The summed E-state index contributed by atoms with van der Waals surface area (Å²) in [5, 5.41) is 8.86. The van der Waals surface area contributed by atoms with Crippen molar-refractivity contribution in [2.24, 2.45) is 0 Å². The van der Waals surface area contributed by atoms with Gasteiger partial charge < -0.3 is 5.32 Å². The van der Waals surface area contributed by atoms with Crippen LogP contribution in [0.15, 0.2) is 35.1 Å². The highest BCUT2D eigenvalue weighted by atomic mass is 35.5. The van der Waals surface area contributed by atoms with Gasteiger partial charge in [0.25, 0.3) is 5.56 Å². The van der Waals surface area contributed by atoms with Gasteiger partial charge >= 0.3 is 0 Å². The summed E-state index contributed by atoms with van der Waals surface area (Å²) in [6.07, 6.45) is 0.831. The van der Waals surface area contributed by atoms with E-state index in [1.807, 2.05) is 24.3 Å². The molecule has 0 unspecified atom stereocenters. The van der Waals surface area contributed by atoms with Crippen molar-refractivity contribution in [3.63, 3.8) is 0 Å². The first kappa shape index (κ1) is 14.0. The van der Waals surface area contributed by atoms with Crippen molar-refractivity contribution in [3.8, 4) is 0 Å². The van der Waals surface area contributed by atoms with Crippen molar-refractivity contribution in [2.75, 3.05) is 11.9 Å². The summed E-state index contributed by atoms with van der Waals surface area (Å²) in [7, 11) is 0. The average molecular weight is 321 g/mol. The molecular formula is C14H13ClN4OS. The van der Waals surface area contributed by atoms with Crippen molar-refractivity contribution in [1.82, 2.24) is 14.6 Å². The van der Waals surface area contributed by atoms with E-state index in [0.29, 0.717) is 22.3 Å². The Morgan fingerprint density at radius 3 is 3.05 bits per heavy atom. The lowest BCUT2D eigenvalue weighted by molar-refractivity contribution is 0.884. The topological polar surface area (TPSA) is 59.3 Å². The minimum absolute atomic E-state index is 0.156. The fourth-order valence-corrected chi connectivity index (χ4v) is 3.09. The zero-order valence-electron chi connectivity index (χ0n) is 11.3. The second-order valence-corrected chi connectivity index (χ2v) is 6.04. The first-order chi connectivity index (χ1) is 10.1. The van der Waals surface area contributed by atoms with Crippen LogP contribution in [0.25, 0.3) is 4.96 Å². The number of fused-ring (bicyclic) bond motifs is 1. The largest absolute Gasteiger partial charge is 0.360 e. The summed E-state index contributed by atoms with van der Waals surface area (Å²) >= 11 is 7.32. The normalized spacial score (nSPS) is 11.0. The van der Waals surface area contributed by atoms with Crippen LogP contribution in [0.2, 0.25) is 5.02 Å². The molecule has 0 saturated heterocycles. The summed E-state index contributed by atoms with van der Waals surface area (Å²) in [5.74, 6) is 0. The van der Waals surface area contributed by atoms with Gasteiger partial charge in [0.2, 0.25) is 10.1 Å². The highest BCUT2D eigenvalue weighted by molar-refractivity contribution is 7.20. The molecule has 108 valence electrons. The van der Waals surface area contributed by atoms with Gasteiger partial charge in [-0.2, -0.15) is 4.52 Å². The van der Waals surface area contributed by atoms with Crippen LogP contribution < -0.4 is 10.9 Å². The maximum Gasteiger partial charge on any atom is 0.275 e. The number of benzene rings is 1. The molecule has 21 heavy (non-hydrogen) atoms. The van der Waals surface area contributed by atoms with E-state index in [-0.39, 0.29) is 5.56 Å². The van der Waals surface area contributed by atoms with Gasteiger partial charge in [0, 0.05) is 23.3 Å². The Morgan fingerprint density at radius 2 is 2.24 bits per heavy atom. The smallest absolute Gasteiger partial charge is 0.275 e. The molecule has 3 aromatic rings. The number of hydrogen-bond acceptors (Lipinski definition) is 5. The average Bonchev–Trinajstić information content (AvgIpc) is 2.82. The molecule has 0 aliphatic rings. The molecule has 1 aromatic carbocycles. The van der Waals surface area contributed by atoms with Gasteiger partial charge in [0.05, 0.1) is 0 Å². The highest BCUT2D eigenvalue weighted by Gasteiger charge is 2.07. The zero-order chi connectivity index (χ0) is 14.8. The van der Waals surface area contributed by atoms with Crippen LogP contribution in [0, 0.1) is 6.92 Å². The molecule has 0 amide bonds. The van der Waals surface area contributed by atoms with Crippen molar-refractivity contribution in [3.05, 3.63) is 57.0 Å². The summed E-state index contributed by atoms with van der Waals surface area (Å²) in [6.45, 7) is 2.52. The lowest BCUT2D eigenvalue weighted by Gasteiger charge is -2.02. The van der Waals surface area contributed by atoms with Gasteiger partial charge in [0.1, 0.15) is 0 Å². The number of nitrogens with one attached hydrogen (secondary N) is 1. The van der Waals surface area contributed by atoms with Crippen LogP contribution in [0.1, 0.15) is 11.3 Å². The predicted octanol–water partition coefficient (Wildman–Crippen LogP) is 2.77. The molecule has 2 heterocycles. The maximum absolute atomic E-state index is 11.8. The third-order valence-electron chi connectivity index (χ3n) is 2.95. The minimum Gasteiger partial charge on any atom is -0.360 e. The Bertz CT molecular complexity index is 842. The molecule has 5 nitrogen and oxygen atoms in total. The van der Waals surface area contributed by atoms with Crippen LogP contribution >= 0.6 is 22.9 Å². The molecule has 2 aromatic heterocycles. The summed E-state index contributed by atoms with van der Waals surface area (Å²) in [5.41, 5.74) is 1.70. The number of halogens is 1. The molecule has 0 fully saturated rings. The third-order valence-corrected chi connectivity index (χ3v) is 4.05. The summed E-state index contributed by atoms with van der Waals surface area (Å²) in [4.78, 5) is 16.7. The molecule has 0 saturated carbocycles. The molecule has 0 spiro atoms. The van der Waals surface area contributed by atoms with E-state index >= 15 is 0 Å². The fourth-order valence-electron chi connectivity index (χ4n) is 2.00. The second-order valence-electron chi connectivity index (χ2n) is 4.64. The number of anilines is 1. The molecule has 0 radical (unpaired) electrons. The summed E-state index contributed by atoms with van der Waals surface area (Å²) < 4.78 is 1.32. The Balaban J connectivity index is 1.71. The Labute approximate surface area is 130 Å². The number of nitrogens with zero attached hydrogens (tertiary/aromatic N) is 3. The molecule has 1 N–H and O–H groups in total. The van der Waals surface area contributed by atoms with E-state index in [9.17, 15) is 4.79 Å². The maximum atomic E-state index is 11.8. The molecule has 0 aliphatic heterocycles. The van der Waals surface area contributed by atoms with Crippen LogP contribution in [0.5, 0.6) is 0 Å². The van der Waals surface area contributed by atoms with E-state index in [2.05, 4.69) is 15.4 Å². The molecule has 0 bridgehead atoms. The second kappa shape index (κ2) is 5.83. The predicted molar refractivity (Wildman–Crippen MR) is 85.5 cm³/mol. The summed E-state index contributed by atoms with van der Waals surface area (Å²) in [6, 6.07) is 9.23. The standard InChI is InChI=1S/C14H13ClN4OS/c1-9-7-12(20)19-14(17-9)21-13(18-19)16-6-5-10-3-2-4-11(15)8-10/h2-4,7-8H,5-6H2,1H3,(H,16,18). The molecular weight excluding hydrogens is 308 g/mol. The first-order valence-corrected chi connectivity index (χ1v) is 7.67. The highest BCUT2D eigenvalue weighted by Crippen LogP contribution is 2.17. The molecule has 0 atom stereocenters. The van der Waals surface area contributed by atoms with E-state index in [1.165, 1.54) is 21.9 Å². The Morgan fingerprint density at radius 1 is 1.38 bits per heavy atom. The lowest BCUT2D eigenvalue weighted by Crippen LogP contribution is -2.14. The Kier molecular flexibility index (Phi) is 3.90. The number of hydrogen-bond donors (Lipinski definition) is 1. The van der Waals surface area contributed by atoms with Crippen LogP contribution in [0.4, 0.5) is 5.13 Å². The Hall–Kier alpha value is -1.92. The quantitative estimate of drug-likeness (QED) is 0.803. The first-order valence-electron chi connectivity index (χ1n) is 6.48. The van der Waals surface area contributed by atoms with Gasteiger partial charge in [-0.05, 0) is 31.0 Å². The van der Waals surface area contributed by atoms with E-state index in [0.717, 1.165) is 17.0 Å². The monoisotopic (exact) mass is 320 g/mol. The van der Waals surface area contributed by atoms with Gasteiger partial charge in [-0.1, -0.05) is 35.1 Å². The lowest BCUT2D eigenvalue weighted by atomic mass is 10.1. The zero-order valence-corrected chi connectivity index (χ0v) is 12.9. The van der Waals surface area contributed by atoms with Crippen molar-refractivity contribution in [1.29, 1.82) is 0 Å². The van der Waals surface area contributed by atoms with Crippen molar-refractivity contribution < 1.29 is 0 Å². The van der Waals surface area contributed by atoms with Gasteiger partial charge in [0.15, 0.2) is 0 Å². The van der Waals surface area contributed by atoms with Crippen molar-refractivity contribution >= 4 is 33.0 Å². The van der Waals surface area contributed by atoms with E-state index in [1.54, 1.807) is 6.92 Å². The molecule has 3 rings (SSSR count). The molecule has 7 heteroatoms. The number of aromatic nitrogens is 3. The number of aryl methyl sites for hydroxylation is 1. The minimum atomic E-state index is -0.156. The third kappa shape index (κ3) is 3.22. The molecule has 0 aliphatic carbocycles. The van der Waals surface area contributed by atoms with Gasteiger partial charge in [-0.15, -0.1) is 5.10 Å².